The van der Waals surface area contributed by atoms with Crippen molar-refractivity contribution >= 4 is 5.82 Å². The maximum atomic E-state index is 13.7. The SMILES string of the molecule is C=CC(F)(F)[C@H](c1cccnc1N)C(C)C. The van der Waals surface area contributed by atoms with Crippen LogP contribution in [-0.4, -0.2) is 10.9 Å². The molecule has 4 heteroatoms. The van der Waals surface area contributed by atoms with Crippen molar-refractivity contribution < 1.29 is 8.78 Å². The van der Waals surface area contributed by atoms with Crippen LogP contribution in [0.15, 0.2) is 31.0 Å². The molecule has 1 atom stereocenters. The summed E-state index contributed by atoms with van der Waals surface area (Å²) in [5.41, 5.74) is 6.01. The lowest BCUT2D eigenvalue weighted by Gasteiger charge is -2.28. The van der Waals surface area contributed by atoms with E-state index in [1.165, 1.54) is 6.20 Å². The van der Waals surface area contributed by atoms with Gasteiger partial charge in [-0.3, -0.25) is 0 Å². The molecule has 1 aromatic heterocycles. The quantitative estimate of drug-likeness (QED) is 0.800. The molecule has 0 aliphatic heterocycles. The third-order valence-electron chi connectivity index (χ3n) is 2.56. The summed E-state index contributed by atoms with van der Waals surface area (Å²) in [5, 5.41) is 0. The second-order valence-corrected chi connectivity index (χ2v) is 4.08. The van der Waals surface area contributed by atoms with E-state index in [4.69, 9.17) is 5.73 Å². The Morgan fingerprint density at radius 1 is 1.50 bits per heavy atom. The van der Waals surface area contributed by atoms with E-state index in [1.807, 2.05) is 0 Å². The molecule has 0 aromatic carbocycles. The number of nitrogens with two attached hydrogens (primary N) is 1. The number of nitrogens with zero attached hydrogens (tertiary/aromatic N) is 1. The maximum absolute atomic E-state index is 13.7. The second-order valence-electron chi connectivity index (χ2n) is 4.08. The van der Waals surface area contributed by atoms with Gasteiger partial charge >= 0.3 is 0 Å². The molecule has 0 aliphatic rings. The van der Waals surface area contributed by atoms with E-state index in [1.54, 1.807) is 26.0 Å². The molecule has 88 valence electrons. The summed E-state index contributed by atoms with van der Waals surface area (Å²) in [5.74, 6) is -4.06. The van der Waals surface area contributed by atoms with Crippen molar-refractivity contribution in [1.82, 2.24) is 4.98 Å². The normalized spacial score (nSPS) is 13.8. The van der Waals surface area contributed by atoms with E-state index >= 15 is 0 Å². The van der Waals surface area contributed by atoms with Crippen LogP contribution >= 0.6 is 0 Å². The number of hydrogen-bond acceptors (Lipinski definition) is 2. The molecular formula is C12H16F2N2. The summed E-state index contributed by atoms with van der Waals surface area (Å²) in [6, 6.07) is 3.20. The van der Waals surface area contributed by atoms with Crippen LogP contribution < -0.4 is 5.73 Å². The highest BCUT2D eigenvalue weighted by atomic mass is 19.3. The van der Waals surface area contributed by atoms with Crippen molar-refractivity contribution in [3.63, 3.8) is 0 Å². The van der Waals surface area contributed by atoms with Crippen LogP contribution in [0.25, 0.3) is 0 Å². The molecule has 0 bridgehead atoms. The molecule has 0 saturated heterocycles. The standard InChI is InChI=1S/C12H16F2N2/c1-4-12(13,14)10(8(2)3)9-6-5-7-16-11(9)15/h4-8,10H,1H2,2-3H3,(H2,15,16)/t10-/m0/s1. The predicted molar refractivity (Wildman–Crippen MR) is 61.4 cm³/mol. The molecule has 2 N–H and O–H groups in total. The number of alkyl halides is 2. The smallest absolute Gasteiger partial charge is 0.273 e. The zero-order valence-electron chi connectivity index (χ0n) is 9.45. The molecule has 0 aliphatic carbocycles. The molecule has 0 amide bonds. The highest BCUT2D eigenvalue weighted by Crippen LogP contribution is 2.41. The summed E-state index contributed by atoms with van der Waals surface area (Å²) >= 11 is 0. The number of aromatic nitrogens is 1. The Morgan fingerprint density at radius 2 is 2.12 bits per heavy atom. The Labute approximate surface area is 94.2 Å². The number of allylic oxidation sites excluding steroid dienone is 1. The lowest BCUT2D eigenvalue weighted by Crippen LogP contribution is -2.28. The number of halogens is 2. The third kappa shape index (κ3) is 2.38. The minimum Gasteiger partial charge on any atom is -0.383 e. The van der Waals surface area contributed by atoms with E-state index in [9.17, 15) is 8.78 Å². The van der Waals surface area contributed by atoms with Crippen molar-refractivity contribution in [2.24, 2.45) is 5.92 Å². The first kappa shape index (κ1) is 12.6. The maximum Gasteiger partial charge on any atom is 0.273 e. The van der Waals surface area contributed by atoms with Gasteiger partial charge in [-0.1, -0.05) is 26.5 Å². The third-order valence-corrected chi connectivity index (χ3v) is 2.56. The summed E-state index contributed by atoms with van der Waals surface area (Å²) in [7, 11) is 0. The highest BCUT2D eigenvalue weighted by Gasteiger charge is 2.40. The number of nitrogen functional groups attached to an aromatic ring is 1. The van der Waals surface area contributed by atoms with Crippen molar-refractivity contribution in [3.8, 4) is 0 Å². The van der Waals surface area contributed by atoms with Gasteiger partial charge in [-0.25, -0.2) is 13.8 Å². The Morgan fingerprint density at radius 3 is 2.56 bits per heavy atom. The number of pyridine rings is 1. The fourth-order valence-electron chi connectivity index (χ4n) is 1.83. The first-order chi connectivity index (χ1) is 7.40. The average molecular weight is 226 g/mol. The molecule has 0 radical (unpaired) electrons. The van der Waals surface area contributed by atoms with E-state index in [0.717, 1.165) is 0 Å². The Kier molecular flexibility index (Phi) is 3.62. The molecule has 0 unspecified atom stereocenters. The summed E-state index contributed by atoms with van der Waals surface area (Å²) < 4.78 is 27.5. The molecule has 0 saturated carbocycles. The molecule has 2 nitrogen and oxygen atoms in total. The minimum atomic E-state index is -2.98. The summed E-state index contributed by atoms with van der Waals surface area (Å²) in [6.45, 7) is 6.64. The van der Waals surface area contributed by atoms with Crippen LogP contribution in [0.2, 0.25) is 0 Å². The Bertz CT molecular complexity index is 375. The van der Waals surface area contributed by atoms with Crippen molar-refractivity contribution in [2.45, 2.75) is 25.7 Å². The van der Waals surface area contributed by atoms with E-state index in [-0.39, 0.29) is 11.7 Å². The number of hydrogen-bond donors (Lipinski definition) is 1. The van der Waals surface area contributed by atoms with E-state index in [0.29, 0.717) is 11.6 Å². The van der Waals surface area contributed by atoms with Gasteiger partial charge in [-0.15, -0.1) is 0 Å². The first-order valence-electron chi connectivity index (χ1n) is 5.12. The zero-order chi connectivity index (χ0) is 12.3. The van der Waals surface area contributed by atoms with Gasteiger partial charge in [0.05, 0.1) is 5.92 Å². The van der Waals surface area contributed by atoms with Gasteiger partial charge in [0.15, 0.2) is 0 Å². The van der Waals surface area contributed by atoms with Gasteiger partial charge in [0.2, 0.25) is 0 Å². The van der Waals surface area contributed by atoms with Crippen molar-refractivity contribution in [1.29, 1.82) is 0 Å². The van der Waals surface area contributed by atoms with Gasteiger partial charge in [-0.05, 0) is 18.1 Å². The Hall–Kier alpha value is -1.45. The minimum absolute atomic E-state index is 0.155. The van der Waals surface area contributed by atoms with Gasteiger partial charge in [-0.2, -0.15) is 0 Å². The van der Waals surface area contributed by atoms with E-state index in [2.05, 4.69) is 11.6 Å². The van der Waals surface area contributed by atoms with Gasteiger partial charge in [0, 0.05) is 11.8 Å². The lowest BCUT2D eigenvalue weighted by molar-refractivity contribution is 0.00819. The average Bonchev–Trinajstić information content (AvgIpc) is 2.20. The molecule has 0 spiro atoms. The first-order valence-corrected chi connectivity index (χ1v) is 5.12. The van der Waals surface area contributed by atoms with Crippen molar-refractivity contribution in [2.75, 3.05) is 5.73 Å². The fraction of sp³-hybridized carbons (Fsp3) is 0.417. The van der Waals surface area contributed by atoms with Crippen LogP contribution in [0.4, 0.5) is 14.6 Å². The number of rotatable bonds is 4. The molecule has 1 heterocycles. The predicted octanol–water partition coefficient (Wildman–Crippen LogP) is 3.22. The van der Waals surface area contributed by atoms with Crippen LogP contribution in [0, 0.1) is 5.92 Å². The molecular weight excluding hydrogens is 210 g/mol. The molecule has 1 rings (SSSR count). The lowest BCUT2D eigenvalue weighted by atomic mass is 9.83. The van der Waals surface area contributed by atoms with Gasteiger partial charge in [0.1, 0.15) is 5.82 Å². The van der Waals surface area contributed by atoms with Crippen molar-refractivity contribution in [3.05, 3.63) is 36.5 Å². The van der Waals surface area contributed by atoms with Crippen LogP contribution in [0.1, 0.15) is 25.3 Å². The fourth-order valence-corrected chi connectivity index (χ4v) is 1.83. The molecule has 16 heavy (non-hydrogen) atoms. The zero-order valence-corrected chi connectivity index (χ0v) is 9.45. The highest BCUT2D eigenvalue weighted by molar-refractivity contribution is 5.43. The second kappa shape index (κ2) is 4.60. The summed E-state index contributed by atoms with van der Waals surface area (Å²) in [4.78, 5) is 3.84. The topological polar surface area (TPSA) is 38.9 Å². The van der Waals surface area contributed by atoms with Gasteiger partial charge < -0.3 is 5.73 Å². The van der Waals surface area contributed by atoms with E-state index < -0.39 is 11.8 Å². The number of anilines is 1. The van der Waals surface area contributed by atoms with Gasteiger partial charge in [0.25, 0.3) is 5.92 Å². The van der Waals surface area contributed by atoms with Crippen LogP contribution in [0.5, 0.6) is 0 Å². The van der Waals surface area contributed by atoms with Crippen LogP contribution in [-0.2, 0) is 0 Å². The molecule has 0 fully saturated rings. The van der Waals surface area contributed by atoms with Crippen LogP contribution in [0.3, 0.4) is 0 Å². The Balaban J connectivity index is 3.24. The largest absolute Gasteiger partial charge is 0.383 e. The summed E-state index contributed by atoms with van der Waals surface area (Å²) in [6.07, 6.45) is 2.16. The molecule has 1 aromatic rings. The monoisotopic (exact) mass is 226 g/mol.